The van der Waals surface area contributed by atoms with E-state index in [-0.39, 0.29) is 19.0 Å². The Balaban J connectivity index is 1.50. The number of hydrogen-bond acceptors (Lipinski definition) is 5. The number of hydroxylamine groups is 1. The molecule has 2 saturated heterocycles. The number of nitrogens with one attached hydrogen (secondary N) is 2. The highest BCUT2D eigenvalue weighted by Crippen LogP contribution is 2.36. The van der Waals surface area contributed by atoms with Crippen LogP contribution in [0.3, 0.4) is 0 Å². The van der Waals surface area contributed by atoms with E-state index in [2.05, 4.69) is 5.32 Å². The molecule has 3 amide bonds. The van der Waals surface area contributed by atoms with Crippen LogP contribution in [0.5, 0.6) is 11.5 Å². The van der Waals surface area contributed by atoms with Crippen molar-refractivity contribution >= 4 is 11.9 Å². The summed E-state index contributed by atoms with van der Waals surface area (Å²) in [5, 5.41) is 11.7. The normalized spacial score (nSPS) is 23.3. The fourth-order valence-electron chi connectivity index (χ4n) is 3.79. The number of nitrogens with zero attached hydrogens (tertiary/aromatic N) is 1. The van der Waals surface area contributed by atoms with Crippen LogP contribution in [-0.4, -0.2) is 46.8 Å². The first-order chi connectivity index (χ1) is 14.0. The largest absolute Gasteiger partial charge is 0.457 e. The molecule has 2 aromatic carbocycles. The smallest absolute Gasteiger partial charge is 0.319 e. The van der Waals surface area contributed by atoms with Gasteiger partial charge in [-0.3, -0.25) is 10.0 Å². The van der Waals surface area contributed by atoms with Crippen LogP contribution in [0, 0.1) is 5.82 Å². The quantitative estimate of drug-likeness (QED) is 0.527. The van der Waals surface area contributed by atoms with Crippen LogP contribution in [0.25, 0.3) is 0 Å². The summed E-state index contributed by atoms with van der Waals surface area (Å²) in [4.78, 5) is 26.2. The predicted octanol–water partition coefficient (Wildman–Crippen LogP) is 2.18. The van der Waals surface area contributed by atoms with Crippen molar-refractivity contribution in [1.29, 1.82) is 0 Å². The van der Waals surface area contributed by atoms with Crippen molar-refractivity contribution in [2.45, 2.75) is 24.5 Å². The zero-order valence-electron chi connectivity index (χ0n) is 15.4. The minimum Gasteiger partial charge on any atom is -0.457 e. The molecule has 8 nitrogen and oxygen atoms in total. The van der Waals surface area contributed by atoms with E-state index in [1.54, 1.807) is 22.5 Å². The first-order valence-corrected chi connectivity index (χ1v) is 9.14. The molecule has 9 heteroatoms. The van der Waals surface area contributed by atoms with Crippen LogP contribution in [0.15, 0.2) is 48.5 Å². The molecule has 0 aromatic heterocycles. The number of carbonyl (C=O) groups is 2. The number of rotatable bonds is 5. The van der Waals surface area contributed by atoms with E-state index >= 15 is 0 Å². The van der Waals surface area contributed by atoms with Crippen LogP contribution < -0.4 is 15.5 Å². The molecule has 2 aliphatic heterocycles. The topological polar surface area (TPSA) is 100 Å². The zero-order valence-corrected chi connectivity index (χ0v) is 15.4. The van der Waals surface area contributed by atoms with E-state index in [0.717, 1.165) is 5.56 Å². The van der Waals surface area contributed by atoms with Gasteiger partial charge < -0.3 is 19.7 Å². The summed E-state index contributed by atoms with van der Waals surface area (Å²) in [7, 11) is 0. The van der Waals surface area contributed by atoms with E-state index in [4.69, 9.17) is 14.7 Å². The summed E-state index contributed by atoms with van der Waals surface area (Å²) in [6.45, 7) is 0.891. The molecule has 2 aromatic rings. The summed E-state index contributed by atoms with van der Waals surface area (Å²) in [5.41, 5.74) is 1.60. The lowest BCUT2D eigenvalue weighted by atomic mass is 9.88. The molecule has 2 aliphatic rings. The number of urea groups is 1. The van der Waals surface area contributed by atoms with Gasteiger partial charge in [-0.05, 0) is 48.4 Å². The third-order valence-corrected chi connectivity index (χ3v) is 5.30. The molecular formula is C20H20FN3O5. The molecule has 1 unspecified atom stereocenters. The van der Waals surface area contributed by atoms with Gasteiger partial charge in [0.2, 0.25) is 0 Å². The monoisotopic (exact) mass is 401 g/mol. The minimum atomic E-state index is -0.899. The SMILES string of the molecule is O=C(NO)[C@@H]1NC(=O)N(Cc2ccc(Oc3ccc(F)cc3)cc2)C12CCOC2. The third kappa shape index (κ3) is 3.62. The lowest BCUT2D eigenvalue weighted by molar-refractivity contribution is -0.133. The molecule has 0 radical (unpaired) electrons. The van der Waals surface area contributed by atoms with Crippen LogP contribution in [0.1, 0.15) is 12.0 Å². The fourth-order valence-corrected chi connectivity index (χ4v) is 3.79. The highest BCUT2D eigenvalue weighted by atomic mass is 19.1. The second kappa shape index (κ2) is 7.69. The number of halogens is 1. The average molecular weight is 401 g/mol. The molecule has 4 rings (SSSR count). The van der Waals surface area contributed by atoms with E-state index in [1.807, 2.05) is 12.1 Å². The van der Waals surface area contributed by atoms with Crippen LogP contribution in [0.4, 0.5) is 9.18 Å². The predicted molar refractivity (Wildman–Crippen MR) is 98.9 cm³/mol. The number of benzene rings is 2. The van der Waals surface area contributed by atoms with E-state index in [9.17, 15) is 14.0 Å². The standard InChI is InChI=1S/C20H20FN3O5/c21-14-3-7-16(8-4-14)29-15-5-1-13(2-6-15)11-24-19(26)22-17(18(25)23-27)20(24)9-10-28-12-20/h1-8,17,27H,9-12H2,(H,22,26)(H,23,25)/t17-,20?/m0/s1. The molecule has 29 heavy (non-hydrogen) atoms. The van der Waals surface area contributed by atoms with Crippen molar-refractivity contribution in [3.63, 3.8) is 0 Å². The Morgan fingerprint density at radius 3 is 2.48 bits per heavy atom. The summed E-state index contributed by atoms with van der Waals surface area (Å²) in [5.74, 6) is 0.0738. The molecule has 0 saturated carbocycles. The van der Waals surface area contributed by atoms with Gasteiger partial charge in [0, 0.05) is 13.2 Å². The van der Waals surface area contributed by atoms with Gasteiger partial charge in [-0.1, -0.05) is 12.1 Å². The second-order valence-electron chi connectivity index (χ2n) is 7.05. The average Bonchev–Trinajstić information content (AvgIpc) is 3.32. The number of carbonyl (C=O) groups excluding carboxylic acids is 2. The van der Waals surface area contributed by atoms with Crippen molar-refractivity contribution in [1.82, 2.24) is 15.7 Å². The number of ether oxygens (including phenoxy) is 2. The maximum atomic E-state index is 13.0. The Kier molecular flexibility index (Phi) is 5.08. The maximum Gasteiger partial charge on any atom is 0.319 e. The molecule has 3 N–H and O–H groups in total. The van der Waals surface area contributed by atoms with Crippen molar-refractivity contribution < 1.29 is 28.7 Å². The van der Waals surface area contributed by atoms with Crippen molar-refractivity contribution in [3.8, 4) is 11.5 Å². The second-order valence-corrected chi connectivity index (χ2v) is 7.05. The Morgan fingerprint density at radius 1 is 1.24 bits per heavy atom. The lowest BCUT2D eigenvalue weighted by Gasteiger charge is -2.35. The molecule has 2 heterocycles. The molecule has 0 aliphatic carbocycles. The fraction of sp³-hybridized carbons (Fsp3) is 0.300. The minimum absolute atomic E-state index is 0.204. The summed E-state index contributed by atoms with van der Waals surface area (Å²) in [6, 6.07) is 11.5. The van der Waals surface area contributed by atoms with Gasteiger partial charge in [0.15, 0.2) is 0 Å². The van der Waals surface area contributed by atoms with Gasteiger partial charge in [0.25, 0.3) is 5.91 Å². The molecular weight excluding hydrogens is 381 g/mol. The first-order valence-electron chi connectivity index (χ1n) is 9.14. The van der Waals surface area contributed by atoms with E-state index in [0.29, 0.717) is 24.5 Å². The van der Waals surface area contributed by atoms with E-state index < -0.39 is 23.5 Å². The molecule has 1 spiro atoms. The third-order valence-electron chi connectivity index (χ3n) is 5.30. The van der Waals surface area contributed by atoms with E-state index in [1.165, 1.54) is 24.3 Å². The van der Waals surface area contributed by atoms with Crippen LogP contribution in [0.2, 0.25) is 0 Å². The highest BCUT2D eigenvalue weighted by Gasteiger charge is 2.57. The Bertz CT molecular complexity index is 897. The Morgan fingerprint density at radius 2 is 1.90 bits per heavy atom. The first kappa shape index (κ1) is 19.2. The highest BCUT2D eigenvalue weighted by molar-refractivity contribution is 5.92. The van der Waals surface area contributed by atoms with Crippen molar-refractivity contribution in [2.24, 2.45) is 0 Å². The molecule has 2 atom stereocenters. The van der Waals surface area contributed by atoms with Gasteiger partial charge >= 0.3 is 6.03 Å². The summed E-state index contributed by atoms with van der Waals surface area (Å²) in [6.07, 6.45) is 0.482. The number of hydrogen-bond donors (Lipinski definition) is 3. The Labute approximate surface area is 166 Å². The van der Waals surface area contributed by atoms with Crippen LogP contribution >= 0.6 is 0 Å². The summed E-state index contributed by atoms with van der Waals surface area (Å²) < 4.78 is 24.1. The molecule has 0 bridgehead atoms. The van der Waals surface area contributed by atoms with Gasteiger partial charge in [-0.25, -0.2) is 14.7 Å². The van der Waals surface area contributed by atoms with Crippen molar-refractivity contribution in [3.05, 3.63) is 59.9 Å². The zero-order chi connectivity index (χ0) is 20.4. The number of amides is 3. The lowest BCUT2D eigenvalue weighted by Crippen LogP contribution is -2.57. The Hall–Kier alpha value is -3.17. The molecule has 2 fully saturated rings. The summed E-state index contributed by atoms with van der Waals surface area (Å²) >= 11 is 0. The van der Waals surface area contributed by atoms with Gasteiger partial charge in [-0.2, -0.15) is 0 Å². The van der Waals surface area contributed by atoms with Gasteiger partial charge in [0.05, 0.1) is 12.1 Å². The maximum absolute atomic E-state index is 13.0. The van der Waals surface area contributed by atoms with Gasteiger partial charge in [-0.15, -0.1) is 0 Å². The molecule has 152 valence electrons. The van der Waals surface area contributed by atoms with Gasteiger partial charge in [0.1, 0.15) is 23.4 Å². The van der Waals surface area contributed by atoms with Crippen molar-refractivity contribution in [2.75, 3.05) is 13.2 Å². The van der Waals surface area contributed by atoms with Crippen LogP contribution in [-0.2, 0) is 16.1 Å².